The highest BCUT2D eigenvalue weighted by atomic mass is 28.5. The zero-order chi connectivity index (χ0) is 25.8. The summed E-state index contributed by atoms with van der Waals surface area (Å²) < 4.78 is 38.4. The lowest BCUT2D eigenvalue weighted by atomic mass is 10.1. The Morgan fingerprint density at radius 3 is 2.00 bits per heavy atom. The molecule has 1 aliphatic heterocycles. The average Bonchev–Trinajstić information content (AvgIpc) is 3.02. The van der Waals surface area contributed by atoms with Crippen LogP contribution in [0, 0.1) is 5.92 Å². The number of rotatable bonds is 9. The minimum atomic E-state index is -2.78. The monoisotopic (exact) mass is 519 g/mol. The normalized spacial score (nSPS) is 29.7. The van der Waals surface area contributed by atoms with Gasteiger partial charge in [-0.1, -0.05) is 55.4 Å². The van der Waals surface area contributed by atoms with Gasteiger partial charge in [-0.15, -0.1) is 0 Å². The lowest BCUT2D eigenvalue weighted by Crippen LogP contribution is -2.65. The van der Waals surface area contributed by atoms with Crippen molar-refractivity contribution >= 4 is 23.2 Å². The zero-order valence-corrected chi connectivity index (χ0v) is 25.2. The van der Waals surface area contributed by atoms with Crippen LogP contribution in [-0.2, 0) is 27.2 Å². The molecule has 1 aliphatic carbocycles. The summed E-state index contributed by atoms with van der Waals surface area (Å²) in [6, 6.07) is -0.271. The first-order valence-corrected chi connectivity index (χ1v) is 16.9. The number of hydrogen-bond acceptors (Lipinski definition) is 7. The Bertz CT molecular complexity index is 645. The molecule has 34 heavy (non-hydrogen) atoms. The number of hydrogen-bond donors (Lipinski definition) is 1. The fraction of sp³-hybridized carbons (Fsp3) is 0.958. The van der Waals surface area contributed by atoms with Gasteiger partial charge in [0.15, 0.2) is 6.29 Å². The molecule has 8 nitrogen and oxygen atoms in total. The molecule has 1 saturated carbocycles. The number of ether oxygens (including phenoxy) is 3. The summed E-state index contributed by atoms with van der Waals surface area (Å²) in [7, 11) is -4.02. The van der Waals surface area contributed by atoms with Gasteiger partial charge in [-0.3, -0.25) is 0 Å². The van der Waals surface area contributed by atoms with Gasteiger partial charge >= 0.3 is 23.2 Å². The van der Waals surface area contributed by atoms with Gasteiger partial charge in [-0.25, -0.2) is 4.79 Å². The van der Waals surface area contributed by atoms with Crippen LogP contribution in [-0.4, -0.2) is 68.1 Å². The molecule has 2 fully saturated rings. The van der Waals surface area contributed by atoms with Crippen LogP contribution in [0.25, 0.3) is 0 Å². The summed E-state index contributed by atoms with van der Waals surface area (Å²) in [5.41, 5.74) is 1.01. The van der Waals surface area contributed by atoms with Crippen molar-refractivity contribution in [2.75, 3.05) is 20.3 Å². The van der Waals surface area contributed by atoms with E-state index in [-0.39, 0.29) is 40.2 Å². The number of carbonyl (C=O) groups excluding carboxylic acids is 1. The molecular weight excluding hydrogens is 470 g/mol. The number of fused-ring (bicyclic) bond motifs is 1. The highest BCUT2D eigenvalue weighted by molar-refractivity contribution is 6.83. The van der Waals surface area contributed by atoms with Crippen molar-refractivity contribution in [3.05, 3.63) is 0 Å². The van der Waals surface area contributed by atoms with Gasteiger partial charge < -0.3 is 32.5 Å². The smallest absolute Gasteiger partial charge is 0.407 e. The fourth-order valence-electron chi connectivity index (χ4n) is 5.60. The van der Waals surface area contributed by atoms with Crippen molar-refractivity contribution in [2.24, 2.45) is 5.92 Å². The van der Waals surface area contributed by atoms with Gasteiger partial charge in [0.25, 0.3) is 0 Å². The highest BCUT2D eigenvalue weighted by Crippen LogP contribution is 2.49. The molecule has 200 valence electrons. The van der Waals surface area contributed by atoms with Crippen molar-refractivity contribution in [2.45, 2.75) is 122 Å². The fourth-order valence-corrected chi connectivity index (χ4v) is 16.9. The molecule has 1 saturated heterocycles. The Labute approximate surface area is 209 Å². The van der Waals surface area contributed by atoms with E-state index in [1.54, 1.807) is 0 Å². The first-order chi connectivity index (χ1) is 15.8. The van der Waals surface area contributed by atoms with E-state index >= 15 is 0 Å². The maximum absolute atomic E-state index is 12.2. The van der Waals surface area contributed by atoms with Crippen molar-refractivity contribution in [3.63, 3.8) is 0 Å². The predicted molar refractivity (Wildman–Crippen MR) is 137 cm³/mol. The number of methoxy groups -OCH3 is 1. The predicted octanol–water partition coefficient (Wildman–Crippen LogP) is 5.46. The highest BCUT2D eigenvalue weighted by Gasteiger charge is 2.61. The molecule has 1 amide bonds. The Balaban J connectivity index is 2.55. The van der Waals surface area contributed by atoms with E-state index in [0.29, 0.717) is 19.6 Å². The molecule has 0 aromatic heterocycles. The van der Waals surface area contributed by atoms with E-state index in [1.807, 2.05) is 13.8 Å². The van der Waals surface area contributed by atoms with Crippen LogP contribution in [0.2, 0.25) is 22.2 Å². The Morgan fingerprint density at radius 2 is 1.53 bits per heavy atom. The third-order valence-corrected chi connectivity index (χ3v) is 17.6. The van der Waals surface area contributed by atoms with E-state index in [1.165, 1.54) is 7.11 Å². The van der Waals surface area contributed by atoms with Crippen molar-refractivity contribution in [3.8, 4) is 0 Å². The second kappa shape index (κ2) is 12.2. The lowest BCUT2D eigenvalue weighted by Gasteiger charge is -2.52. The Morgan fingerprint density at radius 1 is 0.971 bits per heavy atom. The molecule has 2 rings (SSSR count). The van der Waals surface area contributed by atoms with Crippen molar-refractivity contribution in [1.82, 2.24) is 5.32 Å². The molecule has 0 bridgehead atoms. The quantitative estimate of drug-likeness (QED) is 0.320. The summed E-state index contributed by atoms with van der Waals surface area (Å²) in [5.74, 6) is 0.0682. The summed E-state index contributed by atoms with van der Waals surface area (Å²) >= 11 is 0. The molecule has 0 radical (unpaired) electrons. The lowest BCUT2D eigenvalue weighted by molar-refractivity contribution is -0.182. The topological polar surface area (TPSA) is 84.5 Å². The summed E-state index contributed by atoms with van der Waals surface area (Å²) in [5, 5.41) is 2.98. The SMILES string of the molecule is CCOC(C)O[C@H]1[C@@H]2O[Si](C(C)C)(C(C)C)O[Si](C(C)C)(C(C)C)OC[C@H]2C[C@H]1NC(=O)OC. The van der Waals surface area contributed by atoms with Crippen LogP contribution >= 0.6 is 0 Å². The second-order valence-electron chi connectivity index (χ2n) is 10.9. The van der Waals surface area contributed by atoms with E-state index in [4.69, 9.17) is 27.2 Å². The van der Waals surface area contributed by atoms with Crippen LogP contribution in [0.4, 0.5) is 4.79 Å². The molecule has 0 aromatic carbocycles. The number of amides is 1. The first-order valence-electron chi connectivity index (χ1n) is 13.0. The standard InChI is InChI=1S/C24H49NO7Si2/c1-12-28-19(10)30-23-21(25-24(26)27-11)13-20-14-29-33(15(2)3,16(4)5)32-34(17(6)7,18(8)9)31-22(20)23/h15-23H,12-14H2,1-11H3,(H,25,26)/t19?,20-,21-,22-,23-/m1/s1. The molecule has 2 aliphatic rings. The van der Waals surface area contributed by atoms with Gasteiger partial charge in [0, 0.05) is 19.1 Å². The van der Waals surface area contributed by atoms with Gasteiger partial charge in [0.2, 0.25) is 0 Å². The molecule has 0 spiro atoms. The summed E-state index contributed by atoms with van der Waals surface area (Å²) in [4.78, 5) is 12.2. The van der Waals surface area contributed by atoms with E-state index in [9.17, 15) is 4.79 Å². The minimum Gasteiger partial charge on any atom is -0.453 e. The van der Waals surface area contributed by atoms with Crippen molar-refractivity contribution in [1.29, 1.82) is 0 Å². The van der Waals surface area contributed by atoms with Crippen LogP contribution < -0.4 is 5.32 Å². The average molecular weight is 520 g/mol. The largest absolute Gasteiger partial charge is 0.453 e. The van der Waals surface area contributed by atoms with Gasteiger partial charge in [0.1, 0.15) is 6.10 Å². The van der Waals surface area contributed by atoms with Crippen LogP contribution in [0.1, 0.15) is 75.7 Å². The molecule has 1 N–H and O–H groups in total. The Kier molecular flexibility index (Phi) is 10.6. The van der Waals surface area contributed by atoms with Crippen LogP contribution in [0.5, 0.6) is 0 Å². The minimum absolute atomic E-state index is 0.0682. The van der Waals surface area contributed by atoms with Gasteiger partial charge in [-0.05, 0) is 42.4 Å². The van der Waals surface area contributed by atoms with Gasteiger partial charge in [-0.2, -0.15) is 0 Å². The molecule has 10 heteroatoms. The molecule has 1 heterocycles. The third kappa shape index (κ3) is 6.07. The number of nitrogens with one attached hydrogen (secondary N) is 1. The zero-order valence-electron chi connectivity index (χ0n) is 23.2. The van der Waals surface area contributed by atoms with Gasteiger partial charge in [0.05, 0.1) is 19.3 Å². The maximum Gasteiger partial charge on any atom is 0.407 e. The third-order valence-electron chi connectivity index (χ3n) is 7.36. The van der Waals surface area contributed by atoms with E-state index in [2.05, 4.69) is 60.7 Å². The van der Waals surface area contributed by atoms with Crippen molar-refractivity contribution < 1.29 is 32.0 Å². The number of carbonyl (C=O) groups is 1. The van der Waals surface area contributed by atoms with Crippen LogP contribution in [0.3, 0.4) is 0 Å². The molecule has 5 atom stereocenters. The maximum atomic E-state index is 12.2. The molecule has 1 unspecified atom stereocenters. The van der Waals surface area contributed by atoms with Crippen LogP contribution in [0.15, 0.2) is 0 Å². The van der Waals surface area contributed by atoms with E-state index in [0.717, 1.165) is 0 Å². The number of alkyl carbamates (subject to hydrolysis) is 1. The molecular formula is C24H49NO7Si2. The Hall–Kier alpha value is -0.496. The summed E-state index contributed by atoms with van der Waals surface area (Å²) in [6.07, 6.45) is -0.883. The first kappa shape index (κ1) is 29.7. The van der Waals surface area contributed by atoms with E-state index < -0.39 is 35.6 Å². The summed E-state index contributed by atoms with van der Waals surface area (Å²) in [6.45, 7) is 22.6. The second-order valence-corrected chi connectivity index (χ2v) is 19.8. The molecule has 0 aromatic rings.